The highest BCUT2D eigenvalue weighted by atomic mass is 16.7. The fourth-order valence-corrected chi connectivity index (χ4v) is 1.18. The van der Waals surface area contributed by atoms with Gasteiger partial charge < -0.3 is 28.4 Å². The molecule has 0 rings (SSSR count). The lowest BCUT2D eigenvalue weighted by molar-refractivity contribution is -0.00333. The summed E-state index contributed by atoms with van der Waals surface area (Å²) in [5.74, 6) is 0. The number of rotatable bonds is 16. The molecule has 22 heavy (non-hydrogen) atoms. The zero-order chi connectivity index (χ0) is 16.3. The maximum Gasteiger partial charge on any atom is 0.508 e. The summed E-state index contributed by atoms with van der Waals surface area (Å²) < 4.78 is 30.2. The minimum Gasteiger partial charge on any atom is -0.432 e. The Morgan fingerprint density at radius 1 is 0.636 bits per heavy atom. The number of carbonyl (C=O) groups excluding carboxylic acids is 1. The van der Waals surface area contributed by atoms with Crippen molar-refractivity contribution in [2.45, 2.75) is 0 Å². The van der Waals surface area contributed by atoms with Gasteiger partial charge in [-0.05, 0) is 0 Å². The predicted molar refractivity (Wildman–Crippen MR) is 81.0 cm³/mol. The van der Waals surface area contributed by atoms with E-state index in [-0.39, 0.29) is 13.2 Å². The molecule has 0 aromatic heterocycles. The quantitative estimate of drug-likeness (QED) is 0.243. The lowest BCUT2D eigenvalue weighted by Gasteiger charge is -2.07. The van der Waals surface area contributed by atoms with Crippen LogP contribution < -0.4 is 0 Å². The van der Waals surface area contributed by atoms with E-state index in [2.05, 4.69) is 13.2 Å². The first-order chi connectivity index (χ1) is 10.8. The smallest absolute Gasteiger partial charge is 0.432 e. The van der Waals surface area contributed by atoms with Gasteiger partial charge in [-0.15, -0.1) is 13.2 Å². The van der Waals surface area contributed by atoms with Crippen molar-refractivity contribution in [1.82, 2.24) is 0 Å². The number of hydrogen-bond donors (Lipinski definition) is 0. The van der Waals surface area contributed by atoms with Gasteiger partial charge in [0.2, 0.25) is 0 Å². The molecule has 128 valence electrons. The minimum absolute atomic E-state index is 0.135. The van der Waals surface area contributed by atoms with Gasteiger partial charge in [0.1, 0.15) is 13.2 Å². The van der Waals surface area contributed by atoms with Gasteiger partial charge in [0, 0.05) is 0 Å². The molecule has 0 aromatic rings. The first-order valence-electron chi connectivity index (χ1n) is 7.13. The third-order valence-corrected chi connectivity index (χ3v) is 2.11. The minimum atomic E-state index is -0.738. The van der Waals surface area contributed by atoms with E-state index in [9.17, 15) is 4.79 Å². The Morgan fingerprint density at radius 3 is 1.41 bits per heavy atom. The maximum absolute atomic E-state index is 11.2. The summed E-state index contributed by atoms with van der Waals surface area (Å²) in [6, 6.07) is 0. The summed E-state index contributed by atoms with van der Waals surface area (Å²) in [6.07, 6.45) is 2.59. The topological polar surface area (TPSA) is 72.5 Å². The molecule has 0 saturated carbocycles. The zero-order valence-electron chi connectivity index (χ0n) is 13.0. The summed E-state index contributed by atoms with van der Waals surface area (Å²) in [7, 11) is 0. The molecule has 0 heterocycles. The van der Waals surface area contributed by atoms with Gasteiger partial charge in [0.05, 0.1) is 52.9 Å². The van der Waals surface area contributed by atoms with Crippen molar-refractivity contribution < 1.29 is 33.2 Å². The first-order valence-corrected chi connectivity index (χ1v) is 7.13. The Hall–Kier alpha value is -1.41. The largest absolute Gasteiger partial charge is 0.508 e. The van der Waals surface area contributed by atoms with Crippen molar-refractivity contribution in [3.63, 3.8) is 0 Å². The van der Waals surface area contributed by atoms with Crippen LogP contribution in [0, 0.1) is 0 Å². The summed E-state index contributed by atoms with van der Waals surface area (Å²) in [6.45, 7) is 10.7. The number of hydrogen-bond acceptors (Lipinski definition) is 7. The van der Waals surface area contributed by atoms with E-state index in [1.54, 1.807) is 12.2 Å². The van der Waals surface area contributed by atoms with Crippen molar-refractivity contribution in [2.24, 2.45) is 0 Å². The second kappa shape index (κ2) is 17.6. The lowest BCUT2D eigenvalue weighted by atomic mass is 10.7. The van der Waals surface area contributed by atoms with Crippen LogP contribution >= 0.6 is 0 Å². The van der Waals surface area contributed by atoms with E-state index in [0.717, 1.165) is 0 Å². The van der Waals surface area contributed by atoms with Gasteiger partial charge in [-0.25, -0.2) is 4.79 Å². The van der Waals surface area contributed by atoms with Crippen LogP contribution in [0.5, 0.6) is 0 Å². The summed E-state index contributed by atoms with van der Waals surface area (Å²) in [4.78, 5) is 11.2. The molecule has 0 saturated heterocycles. The average Bonchev–Trinajstić information content (AvgIpc) is 2.52. The molecular weight excluding hydrogens is 292 g/mol. The van der Waals surface area contributed by atoms with E-state index in [0.29, 0.717) is 52.9 Å². The standard InChI is InChI=1S/C15H26O7/c1-3-5-17-7-9-19-11-13-21-15(16)22-14-12-20-10-8-18-6-4-2/h3-4H,1-2,5-14H2. The molecule has 0 radical (unpaired) electrons. The molecule has 0 atom stereocenters. The van der Waals surface area contributed by atoms with Crippen LogP contribution in [-0.2, 0) is 28.4 Å². The Kier molecular flexibility index (Phi) is 16.5. The van der Waals surface area contributed by atoms with E-state index in [1.165, 1.54) is 0 Å². The third-order valence-electron chi connectivity index (χ3n) is 2.11. The molecule has 0 aliphatic rings. The van der Waals surface area contributed by atoms with E-state index in [1.807, 2.05) is 0 Å². The van der Waals surface area contributed by atoms with Crippen LogP contribution in [0.2, 0.25) is 0 Å². The average molecular weight is 318 g/mol. The van der Waals surface area contributed by atoms with Gasteiger partial charge in [-0.1, -0.05) is 12.2 Å². The van der Waals surface area contributed by atoms with Gasteiger partial charge in [0.25, 0.3) is 0 Å². The highest BCUT2D eigenvalue weighted by Crippen LogP contribution is 1.88. The lowest BCUT2D eigenvalue weighted by Crippen LogP contribution is -2.16. The van der Waals surface area contributed by atoms with Crippen molar-refractivity contribution in [1.29, 1.82) is 0 Å². The van der Waals surface area contributed by atoms with Gasteiger partial charge >= 0.3 is 6.16 Å². The molecule has 0 aliphatic carbocycles. The second-order valence-corrected chi connectivity index (χ2v) is 3.90. The van der Waals surface area contributed by atoms with Crippen molar-refractivity contribution >= 4 is 6.16 Å². The molecule has 0 fully saturated rings. The number of ether oxygens (including phenoxy) is 6. The van der Waals surface area contributed by atoms with E-state index >= 15 is 0 Å². The van der Waals surface area contributed by atoms with Crippen LogP contribution in [0.15, 0.2) is 25.3 Å². The van der Waals surface area contributed by atoms with Crippen LogP contribution in [0.4, 0.5) is 4.79 Å². The van der Waals surface area contributed by atoms with E-state index in [4.69, 9.17) is 28.4 Å². The highest BCUT2D eigenvalue weighted by molar-refractivity contribution is 5.59. The molecule has 0 aliphatic heterocycles. The Morgan fingerprint density at radius 2 is 1.00 bits per heavy atom. The molecule has 7 heteroatoms. The molecule has 0 aromatic carbocycles. The molecule has 0 amide bonds. The monoisotopic (exact) mass is 318 g/mol. The van der Waals surface area contributed by atoms with Gasteiger partial charge in [0.15, 0.2) is 0 Å². The van der Waals surface area contributed by atoms with Crippen LogP contribution in [0.1, 0.15) is 0 Å². The molecule has 7 nitrogen and oxygen atoms in total. The Bertz CT molecular complexity index is 255. The molecular formula is C15H26O7. The van der Waals surface area contributed by atoms with Crippen molar-refractivity contribution in [3.05, 3.63) is 25.3 Å². The highest BCUT2D eigenvalue weighted by Gasteiger charge is 2.03. The first kappa shape index (κ1) is 20.6. The van der Waals surface area contributed by atoms with Crippen molar-refractivity contribution in [2.75, 3.05) is 66.1 Å². The van der Waals surface area contributed by atoms with Crippen molar-refractivity contribution in [3.8, 4) is 0 Å². The van der Waals surface area contributed by atoms with Crippen LogP contribution in [0.25, 0.3) is 0 Å². The summed E-state index contributed by atoms with van der Waals surface area (Å²) in [5.41, 5.74) is 0. The molecule has 0 bridgehead atoms. The summed E-state index contributed by atoms with van der Waals surface area (Å²) in [5, 5.41) is 0. The normalized spacial score (nSPS) is 10.2. The number of carbonyl (C=O) groups is 1. The van der Waals surface area contributed by atoms with Crippen LogP contribution in [-0.4, -0.2) is 72.2 Å². The fraction of sp³-hybridized carbons (Fsp3) is 0.667. The molecule has 0 unspecified atom stereocenters. The SMILES string of the molecule is C=CCOCCOCCOC(=O)OCCOCCOCC=C. The third kappa shape index (κ3) is 16.6. The molecule has 0 spiro atoms. The van der Waals surface area contributed by atoms with Crippen LogP contribution in [0.3, 0.4) is 0 Å². The Labute approximate surface area is 131 Å². The zero-order valence-corrected chi connectivity index (χ0v) is 13.0. The summed E-state index contributed by atoms with van der Waals surface area (Å²) >= 11 is 0. The Balaban J connectivity index is 3.16. The van der Waals surface area contributed by atoms with E-state index < -0.39 is 6.16 Å². The molecule has 0 N–H and O–H groups in total. The fourth-order valence-electron chi connectivity index (χ4n) is 1.18. The predicted octanol–water partition coefficient (Wildman–Crippen LogP) is 1.58. The van der Waals surface area contributed by atoms with Gasteiger partial charge in [-0.3, -0.25) is 0 Å². The maximum atomic E-state index is 11.2. The second-order valence-electron chi connectivity index (χ2n) is 3.90. The van der Waals surface area contributed by atoms with Gasteiger partial charge in [-0.2, -0.15) is 0 Å².